The standard InChI is InChI=1S/C20H19NO3Te/c22-19(21-14-7-15-25-18-10-5-2-6-11-18)16-24-20(23)13-12-17-8-3-1-4-9-17/h1-6,8-11H,7,14-16H2,(H,21,22). The first kappa shape index (κ1) is 19.1. The third-order valence-corrected chi connectivity index (χ3v) is 6.21. The average Bonchev–Trinajstić information content (AvgIpc) is 2.66. The Morgan fingerprint density at radius 1 is 1.00 bits per heavy atom. The van der Waals surface area contributed by atoms with Gasteiger partial charge in [0.1, 0.15) is 0 Å². The molecule has 0 aliphatic carbocycles. The second kappa shape index (κ2) is 11.3. The zero-order valence-corrected chi connectivity index (χ0v) is 16.1. The first-order chi connectivity index (χ1) is 12.2. The van der Waals surface area contributed by atoms with Crippen LogP contribution in [-0.4, -0.2) is 46.0 Å². The summed E-state index contributed by atoms with van der Waals surface area (Å²) < 4.78 is 7.38. The average molecular weight is 449 g/mol. The third kappa shape index (κ3) is 8.40. The number of esters is 1. The first-order valence-corrected chi connectivity index (χ1v) is 10.7. The maximum absolute atomic E-state index is 11.6. The summed E-state index contributed by atoms with van der Waals surface area (Å²) in [6.07, 6.45) is 0.935. The van der Waals surface area contributed by atoms with Gasteiger partial charge in [0.2, 0.25) is 0 Å². The summed E-state index contributed by atoms with van der Waals surface area (Å²) in [5.41, 5.74) is 0.728. The van der Waals surface area contributed by atoms with E-state index in [1.165, 1.54) is 3.61 Å². The maximum atomic E-state index is 11.6. The summed E-state index contributed by atoms with van der Waals surface area (Å²) in [5, 5.41) is 2.75. The van der Waals surface area contributed by atoms with E-state index in [1.54, 1.807) is 12.1 Å². The van der Waals surface area contributed by atoms with Crippen molar-refractivity contribution in [2.24, 2.45) is 0 Å². The van der Waals surface area contributed by atoms with Crippen LogP contribution in [0.25, 0.3) is 0 Å². The van der Waals surface area contributed by atoms with E-state index in [0.717, 1.165) is 16.5 Å². The van der Waals surface area contributed by atoms with Crippen LogP contribution in [0.3, 0.4) is 0 Å². The van der Waals surface area contributed by atoms with Crippen molar-refractivity contribution in [3.05, 3.63) is 66.2 Å². The first-order valence-electron chi connectivity index (χ1n) is 7.92. The van der Waals surface area contributed by atoms with E-state index in [0.29, 0.717) is 6.54 Å². The molecule has 25 heavy (non-hydrogen) atoms. The van der Waals surface area contributed by atoms with Gasteiger partial charge in [0, 0.05) is 0 Å². The summed E-state index contributed by atoms with van der Waals surface area (Å²) in [6, 6.07) is 19.6. The van der Waals surface area contributed by atoms with Crippen molar-refractivity contribution in [3.63, 3.8) is 0 Å². The van der Waals surface area contributed by atoms with Gasteiger partial charge < -0.3 is 0 Å². The molecule has 2 rings (SSSR count). The molecule has 2 aromatic rings. The van der Waals surface area contributed by atoms with Crippen molar-refractivity contribution in [2.75, 3.05) is 13.2 Å². The van der Waals surface area contributed by atoms with Crippen molar-refractivity contribution in [1.82, 2.24) is 5.32 Å². The second-order valence-corrected chi connectivity index (χ2v) is 8.39. The molecule has 0 aromatic heterocycles. The molecule has 0 aliphatic rings. The predicted molar refractivity (Wildman–Crippen MR) is 98.5 cm³/mol. The van der Waals surface area contributed by atoms with Crippen LogP contribution in [-0.2, 0) is 14.3 Å². The molecule has 0 atom stereocenters. The summed E-state index contributed by atoms with van der Waals surface area (Å²) in [6.45, 7) is 0.307. The minimum absolute atomic E-state index is 0.188. The van der Waals surface area contributed by atoms with Gasteiger partial charge in [-0.15, -0.1) is 0 Å². The van der Waals surface area contributed by atoms with E-state index in [4.69, 9.17) is 4.74 Å². The molecule has 1 N–H and O–H groups in total. The molecule has 0 saturated heterocycles. The van der Waals surface area contributed by atoms with E-state index < -0.39 is 5.97 Å². The van der Waals surface area contributed by atoms with Crippen LogP contribution in [0.1, 0.15) is 12.0 Å². The van der Waals surface area contributed by atoms with Crippen LogP contribution >= 0.6 is 0 Å². The number of ether oxygens (including phenoxy) is 1. The summed E-state index contributed by atoms with van der Waals surface area (Å²) in [4.78, 5) is 23.1. The molecule has 0 heterocycles. The summed E-state index contributed by atoms with van der Waals surface area (Å²) >= 11 is -0.188. The van der Waals surface area contributed by atoms with Crippen molar-refractivity contribution in [2.45, 2.75) is 10.9 Å². The Balaban J connectivity index is 1.56. The molecule has 0 fully saturated rings. The van der Waals surface area contributed by atoms with E-state index in [1.807, 2.05) is 24.3 Å². The molecule has 1 amide bonds. The molecule has 2 aromatic carbocycles. The fraction of sp³-hybridized carbons (Fsp3) is 0.200. The van der Waals surface area contributed by atoms with Crippen molar-refractivity contribution < 1.29 is 14.3 Å². The molecule has 0 unspecified atom stereocenters. The van der Waals surface area contributed by atoms with Gasteiger partial charge in [-0.05, 0) is 0 Å². The van der Waals surface area contributed by atoms with Gasteiger partial charge in [0.05, 0.1) is 0 Å². The molecular formula is C20H19NO3Te. The number of nitrogens with one attached hydrogen (secondary N) is 1. The Kier molecular flexibility index (Phi) is 8.62. The number of carbonyl (C=O) groups is 2. The number of hydrogen-bond donors (Lipinski definition) is 1. The Morgan fingerprint density at radius 2 is 1.68 bits per heavy atom. The molecule has 0 radical (unpaired) electrons. The normalized spacial score (nSPS) is 9.60. The Morgan fingerprint density at radius 3 is 2.40 bits per heavy atom. The van der Waals surface area contributed by atoms with E-state index >= 15 is 0 Å². The number of benzene rings is 2. The second-order valence-electron chi connectivity index (χ2n) is 5.06. The van der Waals surface area contributed by atoms with Crippen molar-refractivity contribution >= 4 is 36.4 Å². The SMILES string of the molecule is O=C(COC(=O)C#Cc1ccccc1)NCCC[Te]c1ccccc1. The van der Waals surface area contributed by atoms with Gasteiger partial charge in [-0.1, -0.05) is 18.2 Å². The van der Waals surface area contributed by atoms with Crippen molar-refractivity contribution in [3.8, 4) is 11.8 Å². The fourth-order valence-electron chi connectivity index (χ4n) is 1.87. The number of amides is 1. The quantitative estimate of drug-likeness (QED) is 0.302. The van der Waals surface area contributed by atoms with Crippen LogP contribution in [0.2, 0.25) is 4.47 Å². The number of hydrogen-bond acceptors (Lipinski definition) is 3. The predicted octanol–water partition coefficient (Wildman–Crippen LogP) is 1.54. The Hall–Kier alpha value is -2.27. The van der Waals surface area contributed by atoms with Gasteiger partial charge in [-0.3, -0.25) is 0 Å². The number of carbonyl (C=O) groups excluding carboxylic acids is 2. The van der Waals surface area contributed by atoms with Gasteiger partial charge in [0.25, 0.3) is 0 Å². The summed E-state index contributed by atoms with van der Waals surface area (Å²) in [7, 11) is 0. The van der Waals surface area contributed by atoms with Crippen molar-refractivity contribution in [1.29, 1.82) is 0 Å². The Labute approximate surface area is 158 Å². The molecular weight excluding hydrogens is 430 g/mol. The van der Waals surface area contributed by atoms with Gasteiger partial charge in [-0.2, -0.15) is 0 Å². The van der Waals surface area contributed by atoms with Crippen LogP contribution in [0.5, 0.6) is 0 Å². The summed E-state index contributed by atoms with van der Waals surface area (Å²) in [5.74, 6) is 4.06. The van der Waals surface area contributed by atoms with E-state index in [2.05, 4.69) is 41.4 Å². The zero-order valence-electron chi connectivity index (χ0n) is 13.7. The fourth-order valence-corrected chi connectivity index (χ4v) is 4.36. The van der Waals surface area contributed by atoms with Gasteiger partial charge in [-0.25, -0.2) is 0 Å². The molecule has 5 heteroatoms. The van der Waals surface area contributed by atoms with E-state index in [-0.39, 0.29) is 33.4 Å². The van der Waals surface area contributed by atoms with Crippen LogP contribution in [0.4, 0.5) is 0 Å². The molecule has 0 aliphatic heterocycles. The van der Waals surface area contributed by atoms with Gasteiger partial charge in [0.15, 0.2) is 0 Å². The molecule has 0 spiro atoms. The molecule has 128 valence electrons. The third-order valence-electron chi connectivity index (χ3n) is 3.07. The van der Waals surface area contributed by atoms with E-state index in [9.17, 15) is 9.59 Å². The van der Waals surface area contributed by atoms with Crippen LogP contribution in [0, 0.1) is 11.8 Å². The van der Waals surface area contributed by atoms with Gasteiger partial charge >= 0.3 is 140 Å². The molecule has 4 nitrogen and oxygen atoms in total. The topological polar surface area (TPSA) is 55.4 Å². The molecule has 0 bridgehead atoms. The Bertz CT molecular complexity index is 736. The van der Waals surface area contributed by atoms with Crippen LogP contribution in [0.15, 0.2) is 60.7 Å². The molecule has 0 saturated carbocycles. The number of rotatable bonds is 7. The minimum atomic E-state index is -0.699. The van der Waals surface area contributed by atoms with Crippen LogP contribution < -0.4 is 8.93 Å². The zero-order chi connectivity index (χ0) is 17.7. The monoisotopic (exact) mass is 451 g/mol.